The van der Waals surface area contributed by atoms with Crippen LogP contribution in [0.25, 0.3) is 0 Å². The van der Waals surface area contributed by atoms with Gasteiger partial charge in [0.1, 0.15) is 6.33 Å². The summed E-state index contributed by atoms with van der Waals surface area (Å²) in [4.78, 5) is 7.21. The Kier molecular flexibility index (Phi) is 6.14. The van der Waals surface area contributed by atoms with E-state index in [-0.39, 0.29) is 11.5 Å². The Balaban J connectivity index is 2.03. The van der Waals surface area contributed by atoms with Gasteiger partial charge in [-0.05, 0) is 18.1 Å². The standard InChI is InChI=1S/C17H21F3N4/c1-12(2)15(14-10-21-11-24-16(14)17(18,19)20)23-9-8-22-13-6-4-3-5-7-13/h3-7,10-12,15,22-23H,8-9H2,1-2H3. The molecule has 0 amide bonds. The lowest BCUT2D eigenvalue weighted by Gasteiger charge is -2.25. The second-order valence-electron chi connectivity index (χ2n) is 5.79. The van der Waals surface area contributed by atoms with Crippen molar-refractivity contribution >= 4 is 5.69 Å². The van der Waals surface area contributed by atoms with Gasteiger partial charge in [-0.2, -0.15) is 13.2 Å². The van der Waals surface area contributed by atoms with E-state index in [1.165, 1.54) is 6.20 Å². The molecule has 0 saturated carbocycles. The van der Waals surface area contributed by atoms with E-state index in [9.17, 15) is 13.2 Å². The van der Waals surface area contributed by atoms with Crippen molar-refractivity contribution in [1.29, 1.82) is 0 Å². The number of benzene rings is 1. The van der Waals surface area contributed by atoms with Crippen LogP contribution in [-0.2, 0) is 6.18 Å². The van der Waals surface area contributed by atoms with Gasteiger partial charge in [-0.1, -0.05) is 32.0 Å². The van der Waals surface area contributed by atoms with Gasteiger partial charge in [-0.3, -0.25) is 0 Å². The third kappa shape index (κ3) is 4.92. The van der Waals surface area contributed by atoms with Gasteiger partial charge in [0.05, 0.1) is 0 Å². The van der Waals surface area contributed by atoms with E-state index in [1.807, 2.05) is 44.2 Å². The monoisotopic (exact) mass is 338 g/mol. The predicted octanol–water partition coefficient (Wildman–Crippen LogP) is 3.89. The van der Waals surface area contributed by atoms with Crippen molar-refractivity contribution in [1.82, 2.24) is 15.3 Å². The SMILES string of the molecule is CC(C)C(NCCNc1ccccc1)c1cncnc1C(F)(F)F. The molecule has 1 aromatic carbocycles. The number of aromatic nitrogens is 2. The Bertz CT molecular complexity index is 629. The van der Waals surface area contributed by atoms with E-state index in [2.05, 4.69) is 20.6 Å². The topological polar surface area (TPSA) is 49.8 Å². The van der Waals surface area contributed by atoms with Crippen LogP contribution in [0.2, 0.25) is 0 Å². The first-order valence-corrected chi connectivity index (χ1v) is 7.79. The molecule has 2 aromatic rings. The summed E-state index contributed by atoms with van der Waals surface area (Å²) in [6, 6.07) is 9.17. The highest BCUT2D eigenvalue weighted by atomic mass is 19.4. The summed E-state index contributed by atoms with van der Waals surface area (Å²) in [5.41, 5.74) is 0.179. The summed E-state index contributed by atoms with van der Waals surface area (Å²) in [5, 5.41) is 6.39. The van der Waals surface area contributed by atoms with Crippen molar-refractivity contribution in [3.63, 3.8) is 0 Å². The summed E-state index contributed by atoms with van der Waals surface area (Å²) in [7, 11) is 0. The van der Waals surface area contributed by atoms with E-state index in [1.54, 1.807) is 0 Å². The predicted molar refractivity (Wildman–Crippen MR) is 87.5 cm³/mol. The number of alkyl halides is 3. The molecule has 0 aliphatic rings. The zero-order valence-electron chi connectivity index (χ0n) is 13.6. The van der Waals surface area contributed by atoms with Crippen LogP contribution in [0.4, 0.5) is 18.9 Å². The zero-order chi connectivity index (χ0) is 17.6. The Morgan fingerprint density at radius 3 is 2.42 bits per heavy atom. The van der Waals surface area contributed by atoms with Crippen LogP contribution in [0, 0.1) is 5.92 Å². The Morgan fingerprint density at radius 1 is 1.08 bits per heavy atom. The first kappa shape index (κ1) is 18.2. The third-order valence-corrected chi connectivity index (χ3v) is 3.60. The van der Waals surface area contributed by atoms with Gasteiger partial charge in [-0.15, -0.1) is 0 Å². The van der Waals surface area contributed by atoms with Crippen LogP contribution in [0.5, 0.6) is 0 Å². The van der Waals surface area contributed by atoms with Crippen LogP contribution in [0.1, 0.15) is 31.1 Å². The lowest BCUT2D eigenvalue weighted by atomic mass is 9.95. The largest absolute Gasteiger partial charge is 0.433 e. The Hall–Kier alpha value is -2.15. The van der Waals surface area contributed by atoms with Gasteiger partial charge < -0.3 is 10.6 Å². The van der Waals surface area contributed by atoms with E-state index < -0.39 is 17.9 Å². The zero-order valence-corrected chi connectivity index (χ0v) is 13.6. The molecule has 24 heavy (non-hydrogen) atoms. The van der Waals surface area contributed by atoms with Crippen molar-refractivity contribution in [2.45, 2.75) is 26.1 Å². The Labute approximate surface area is 139 Å². The van der Waals surface area contributed by atoms with Crippen LogP contribution in [0.15, 0.2) is 42.9 Å². The molecule has 1 unspecified atom stereocenters. The average molecular weight is 338 g/mol. The first-order valence-electron chi connectivity index (χ1n) is 7.79. The lowest BCUT2D eigenvalue weighted by Crippen LogP contribution is -2.32. The molecule has 130 valence electrons. The molecule has 0 aliphatic carbocycles. The van der Waals surface area contributed by atoms with Gasteiger partial charge in [0, 0.05) is 36.6 Å². The molecule has 0 saturated heterocycles. The molecule has 7 heteroatoms. The normalized spacial score (nSPS) is 13.1. The van der Waals surface area contributed by atoms with Crippen molar-refractivity contribution in [3.05, 3.63) is 54.1 Å². The maximum atomic E-state index is 13.2. The van der Waals surface area contributed by atoms with E-state index in [4.69, 9.17) is 0 Å². The second-order valence-corrected chi connectivity index (χ2v) is 5.79. The van der Waals surface area contributed by atoms with Gasteiger partial charge in [0.15, 0.2) is 5.69 Å². The van der Waals surface area contributed by atoms with Crippen LogP contribution in [-0.4, -0.2) is 23.1 Å². The average Bonchev–Trinajstić information content (AvgIpc) is 2.54. The van der Waals surface area contributed by atoms with Gasteiger partial charge in [0.25, 0.3) is 0 Å². The van der Waals surface area contributed by atoms with Crippen LogP contribution in [0.3, 0.4) is 0 Å². The molecule has 1 aromatic heterocycles. The summed E-state index contributed by atoms with van der Waals surface area (Å²) in [6.45, 7) is 4.86. The maximum Gasteiger partial charge on any atom is 0.433 e. The first-order chi connectivity index (χ1) is 11.4. The molecule has 0 spiro atoms. The van der Waals surface area contributed by atoms with E-state index >= 15 is 0 Å². The highest BCUT2D eigenvalue weighted by molar-refractivity contribution is 5.42. The molecule has 1 heterocycles. The molecule has 2 rings (SSSR count). The van der Waals surface area contributed by atoms with Crippen molar-refractivity contribution in [2.24, 2.45) is 5.92 Å². The molecule has 0 bridgehead atoms. The summed E-state index contributed by atoms with van der Waals surface area (Å²) in [5.74, 6) is -0.0335. The second kappa shape index (κ2) is 8.10. The number of para-hydroxylation sites is 1. The fraction of sp³-hybridized carbons (Fsp3) is 0.412. The number of halogens is 3. The minimum atomic E-state index is -4.49. The molecule has 4 nitrogen and oxygen atoms in total. The Morgan fingerprint density at radius 2 is 1.79 bits per heavy atom. The summed E-state index contributed by atoms with van der Waals surface area (Å²) >= 11 is 0. The molecule has 0 radical (unpaired) electrons. The minimum Gasteiger partial charge on any atom is -0.384 e. The molecule has 0 aliphatic heterocycles. The van der Waals surface area contributed by atoms with E-state index in [0.717, 1.165) is 12.0 Å². The smallest absolute Gasteiger partial charge is 0.384 e. The van der Waals surface area contributed by atoms with Crippen molar-refractivity contribution < 1.29 is 13.2 Å². The molecular formula is C17H21F3N4. The third-order valence-electron chi connectivity index (χ3n) is 3.60. The van der Waals surface area contributed by atoms with Crippen LogP contribution < -0.4 is 10.6 Å². The number of anilines is 1. The number of rotatable bonds is 7. The number of hydrogen-bond donors (Lipinski definition) is 2. The molecule has 0 fully saturated rings. The highest BCUT2D eigenvalue weighted by Gasteiger charge is 2.37. The highest BCUT2D eigenvalue weighted by Crippen LogP contribution is 2.34. The fourth-order valence-electron chi connectivity index (χ4n) is 2.50. The number of nitrogens with one attached hydrogen (secondary N) is 2. The molecule has 2 N–H and O–H groups in total. The molecular weight excluding hydrogens is 317 g/mol. The van der Waals surface area contributed by atoms with Crippen molar-refractivity contribution in [2.75, 3.05) is 18.4 Å². The van der Waals surface area contributed by atoms with Gasteiger partial charge in [-0.25, -0.2) is 9.97 Å². The summed E-state index contributed by atoms with van der Waals surface area (Å²) in [6.07, 6.45) is -2.31. The number of hydrogen-bond acceptors (Lipinski definition) is 4. The van der Waals surface area contributed by atoms with E-state index in [0.29, 0.717) is 13.1 Å². The minimum absolute atomic E-state index is 0.0335. The van der Waals surface area contributed by atoms with Crippen LogP contribution >= 0.6 is 0 Å². The quantitative estimate of drug-likeness (QED) is 0.752. The van der Waals surface area contributed by atoms with Gasteiger partial charge in [0.2, 0.25) is 0 Å². The van der Waals surface area contributed by atoms with Gasteiger partial charge >= 0.3 is 6.18 Å². The van der Waals surface area contributed by atoms with Crippen molar-refractivity contribution in [3.8, 4) is 0 Å². The fourth-order valence-corrected chi connectivity index (χ4v) is 2.50. The summed E-state index contributed by atoms with van der Waals surface area (Å²) < 4.78 is 39.5. The number of nitrogens with zero attached hydrogens (tertiary/aromatic N) is 2. The lowest BCUT2D eigenvalue weighted by molar-refractivity contribution is -0.142. The molecule has 1 atom stereocenters. The maximum absolute atomic E-state index is 13.2.